The number of nitrogens with two attached hydrogens (primary N) is 1. The fourth-order valence-corrected chi connectivity index (χ4v) is 3.23. The lowest BCUT2D eigenvalue weighted by Gasteiger charge is -2.38. The topological polar surface area (TPSA) is 64.3 Å². The highest BCUT2D eigenvalue weighted by atomic mass is 16.6. The summed E-state index contributed by atoms with van der Waals surface area (Å²) < 4.78 is 5.33. The first kappa shape index (κ1) is 12.7. The lowest BCUT2D eigenvalue weighted by molar-refractivity contribution is 0.0433. The second-order valence-corrected chi connectivity index (χ2v) is 6.80. The van der Waals surface area contributed by atoms with E-state index in [4.69, 9.17) is 10.5 Å². The summed E-state index contributed by atoms with van der Waals surface area (Å²) in [6.07, 6.45) is 5.83. The van der Waals surface area contributed by atoms with Gasteiger partial charge in [0, 0.05) is 11.1 Å². The van der Waals surface area contributed by atoms with Crippen molar-refractivity contribution in [3.8, 4) is 0 Å². The molecule has 2 atom stereocenters. The van der Waals surface area contributed by atoms with Crippen molar-refractivity contribution >= 4 is 6.09 Å². The van der Waals surface area contributed by atoms with Gasteiger partial charge in [0.25, 0.3) is 0 Å². The third kappa shape index (κ3) is 2.92. The molecule has 0 spiro atoms. The summed E-state index contributed by atoms with van der Waals surface area (Å²) in [5.41, 5.74) is 5.71. The Balaban J connectivity index is 1.97. The fraction of sp³-hybridized carbons (Fsp3) is 0.923. The third-order valence-electron chi connectivity index (χ3n) is 3.89. The number of alkyl carbamates (subject to hydrolysis) is 1. The van der Waals surface area contributed by atoms with E-state index in [1.165, 1.54) is 0 Å². The van der Waals surface area contributed by atoms with Gasteiger partial charge in [-0.15, -0.1) is 0 Å². The maximum atomic E-state index is 11.8. The molecule has 98 valence electrons. The molecule has 3 N–H and O–H groups in total. The predicted molar refractivity (Wildman–Crippen MR) is 66.7 cm³/mol. The SMILES string of the molecule is CC(C)(C)OC(=O)N[C@@]12CCC[C@](N)(CC1)C2. The fourth-order valence-electron chi connectivity index (χ4n) is 3.23. The number of carbonyl (C=O) groups excluding carboxylic acids is 1. The average molecular weight is 240 g/mol. The number of hydrogen-bond donors (Lipinski definition) is 2. The van der Waals surface area contributed by atoms with Crippen LogP contribution in [0.3, 0.4) is 0 Å². The molecular weight excluding hydrogens is 216 g/mol. The van der Waals surface area contributed by atoms with Crippen LogP contribution in [0.15, 0.2) is 0 Å². The minimum absolute atomic E-state index is 0.0484. The number of rotatable bonds is 1. The molecule has 0 aliphatic heterocycles. The van der Waals surface area contributed by atoms with Crippen molar-refractivity contribution < 1.29 is 9.53 Å². The van der Waals surface area contributed by atoms with Gasteiger partial charge in [-0.1, -0.05) is 0 Å². The molecule has 0 aromatic heterocycles. The number of amides is 1. The van der Waals surface area contributed by atoms with Gasteiger partial charge in [0.05, 0.1) is 0 Å². The van der Waals surface area contributed by atoms with Crippen molar-refractivity contribution in [1.82, 2.24) is 5.32 Å². The van der Waals surface area contributed by atoms with Crippen LogP contribution in [0.1, 0.15) is 59.3 Å². The molecule has 0 aromatic carbocycles. The molecule has 0 aromatic rings. The number of ether oxygens (including phenoxy) is 1. The van der Waals surface area contributed by atoms with Crippen LogP contribution < -0.4 is 11.1 Å². The second kappa shape index (κ2) is 3.87. The van der Waals surface area contributed by atoms with E-state index in [0.717, 1.165) is 38.5 Å². The molecule has 0 saturated heterocycles. The third-order valence-corrected chi connectivity index (χ3v) is 3.89. The molecule has 2 aliphatic rings. The Morgan fingerprint density at radius 3 is 2.59 bits per heavy atom. The minimum Gasteiger partial charge on any atom is -0.444 e. The summed E-state index contributed by atoms with van der Waals surface area (Å²) in [7, 11) is 0. The summed E-state index contributed by atoms with van der Waals surface area (Å²) in [5, 5.41) is 3.06. The van der Waals surface area contributed by atoms with E-state index in [0.29, 0.717) is 0 Å². The van der Waals surface area contributed by atoms with Gasteiger partial charge in [-0.3, -0.25) is 0 Å². The van der Waals surface area contributed by atoms with E-state index < -0.39 is 5.60 Å². The highest BCUT2D eigenvalue weighted by molar-refractivity contribution is 5.69. The molecule has 2 bridgehead atoms. The maximum absolute atomic E-state index is 11.8. The van der Waals surface area contributed by atoms with Crippen molar-refractivity contribution in [3.63, 3.8) is 0 Å². The van der Waals surface area contributed by atoms with Crippen molar-refractivity contribution in [3.05, 3.63) is 0 Å². The van der Waals surface area contributed by atoms with Crippen LogP contribution in [-0.4, -0.2) is 22.8 Å². The molecule has 0 unspecified atom stereocenters. The van der Waals surface area contributed by atoms with E-state index in [1.807, 2.05) is 20.8 Å². The monoisotopic (exact) mass is 240 g/mol. The van der Waals surface area contributed by atoms with E-state index in [-0.39, 0.29) is 17.2 Å². The summed E-state index contributed by atoms with van der Waals surface area (Å²) >= 11 is 0. The number of nitrogens with one attached hydrogen (secondary N) is 1. The van der Waals surface area contributed by atoms with Crippen molar-refractivity contribution in [2.24, 2.45) is 5.73 Å². The first-order chi connectivity index (χ1) is 7.72. The van der Waals surface area contributed by atoms with Crippen LogP contribution >= 0.6 is 0 Å². The molecule has 1 amide bonds. The smallest absolute Gasteiger partial charge is 0.408 e. The summed E-state index contributed by atoms with van der Waals surface area (Å²) in [6, 6.07) is 0. The Labute approximate surface area is 103 Å². The van der Waals surface area contributed by atoms with Gasteiger partial charge in [-0.25, -0.2) is 4.79 Å². The maximum Gasteiger partial charge on any atom is 0.408 e. The van der Waals surface area contributed by atoms with E-state index in [2.05, 4.69) is 5.32 Å². The predicted octanol–water partition coefficient (Wildman–Crippen LogP) is 2.32. The average Bonchev–Trinajstić information content (AvgIpc) is 2.33. The zero-order valence-corrected chi connectivity index (χ0v) is 11.1. The number of hydrogen-bond acceptors (Lipinski definition) is 3. The van der Waals surface area contributed by atoms with E-state index in [9.17, 15) is 4.79 Å². The van der Waals surface area contributed by atoms with E-state index >= 15 is 0 Å². The van der Waals surface area contributed by atoms with Crippen molar-refractivity contribution in [2.75, 3.05) is 0 Å². The van der Waals surface area contributed by atoms with Crippen LogP contribution in [0.25, 0.3) is 0 Å². The number of carbonyl (C=O) groups is 1. The highest BCUT2D eigenvalue weighted by Crippen LogP contribution is 2.46. The van der Waals surface area contributed by atoms with Gasteiger partial charge in [0.2, 0.25) is 0 Å². The molecule has 4 heteroatoms. The van der Waals surface area contributed by atoms with Crippen molar-refractivity contribution in [1.29, 1.82) is 0 Å². The molecule has 0 heterocycles. The minimum atomic E-state index is -0.437. The lowest BCUT2D eigenvalue weighted by Crippen LogP contribution is -2.53. The second-order valence-electron chi connectivity index (χ2n) is 6.80. The van der Waals surface area contributed by atoms with Gasteiger partial charge in [-0.05, 0) is 59.3 Å². The van der Waals surface area contributed by atoms with Gasteiger partial charge < -0.3 is 15.8 Å². The zero-order valence-electron chi connectivity index (χ0n) is 11.1. The zero-order chi connectivity index (χ0) is 12.7. The molecule has 2 fully saturated rings. The van der Waals surface area contributed by atoms with Gasteiger partial charge in [0.15, 0.2) is 0 Å². The Kier molecular flexibility index (Phi) is 2.89. The van der Waals surface area contributed by atoms with Crippen LogP contribution in [0.2, 0.25) is 0 Å². The standard InChI is InChI=1S/C13H24N2O2/c1-11(2,3)17-10(16)15-13-6-4-5-12(14,9-13)7-8-13/h4-9,14H2,1-3H3,(H,15,16)/t12-,13-/m0/s1. The molecule has 2 rings (SSSR count). The lowest BCUT2D eigenvalue weighted by atomic mass is 9.79. The van der Waals surface area contributed by atoms with Gasteiger partial charge in [0.1, 0.15) is 5.60 Å². The summed E-state index contributed by atoms with van der Waals surface area (Å²) in [4.78, 5) is 11.8. The largest absolute Gasteiger partial charge is 0.444 e. The van der Waals surface area contributed by atoms with Crippen molar-refractivity contribution in [2.45, 2.75) is 76.0 Å². The molecule has 2 aliphatic carbocycles. The Bertz CT molecular complexity index is 324. The first-order valence-electron chi connectivity index (χ1n) is 6.52. The molecule has 2 saturated carbocycles. The molecule has 0 radical (unpaired) electrons. The van der Waals surface area contributed by atoms with Crippen LogP contribution in [0.5, 0.6) is 0 Å². The van der Waals surface area contributed by atoms with Crippen LogP contribution in [-0.2, 0) is 4.74 Å². The molecular formula is C13H24N2O2. The number of fused-ring (bicyclic) bond motifs is 2. The molecule has 17 heavy (non-hydrogen) atoms. The Hall–Kier alpha value is -0.770. The van der Waals surface area contributed by atoms with E-state index in [1.54, 1.807) is 0 Å². The van der Waals surface area contributed by atoms with Crippen LogP contribution in [0.4, 0.5) is 4.79 Å². The first-order valence-corrected chi connectivity index (χ1v) is 6.52. The Morgan fingerprint density at radius 1 is 1.24 bits per heavy atom. The van der Waals surface area contributed by atoms with Gasteiger partial charge >= 0.3 is 6.09 Å². The quantitative estimate of drug-likeness (QED) is 0.739. The highest BCUT2D eigenvalue weighted by Gasteiger charge is 2.50. The van der Waals surface area contributed by atoms with Gasteiger partial charge in [-0.2, -0.15) is 0 Å². The molecule has 4 nitrogen and oxygen atoms in total. The Morgan fingerprint density at radius 2 is 1.94 bits per heavy atom. The normalized spacial score (nSPS) is 36.7. The van der Waals surface area contributed by atoms with Crippen LogP contribution in [0, 0.1) is 0 Å². The summed E-state index contributed by atoms with van der Waals surface area (Å²) in [5.74, 6) is 0. The summed E-state index contributed by atoms with van der Waals surface area (Å²) in [6.45, 7) is 5.65.